The predicted octanol–water partition coefficient (Wildman–Crippen LogP) is 1.85. The molecule has 0 aliphatic carbocycles. The second kappa shape index (κ2) is 8.14. The standard InChI is InChI=1S/C19H27N3O3/c1-14(2)17-5-7-18(8-6-17)22(16(4)24)13-19(25)21-11-9-20(10-12-21)15(3)23/h5-8,14H,9-13H2,1-4H3. The van der Waals surface area contributed by atoms with Gasteiger partial charge in [-0.25, -0.2) is 0 Å². The lowest BCUT2D eigenvalue weighted by atomic mass is 10.0. The lowest BCUT2D eigenvalue weighted by molar-refractivity contribution is -0.137. The Bertz CT molecular complexity index is 632. The van der Waals surface area contributed by atoms with Crippen LogP contribution in [0.15, 0.2) is 24.3 Å². The van der Waals surface area contributed by atoms with Gasteiger partial charge in [-0.3, -0.25) is 14.4 Å². The van der Waals surface area contributed by atoms with Gasteiger partial charge in [0.15, 0.2) is 0 Å². The molecular weight excluding hydrogens is 318 g/mol. The molecule has 25 heavy (non-hydrogen) atoms. The van der Waals surface area contributed by atoms with E-state index in [-0.39, 0.29) is 24.3 Å². The summed E-state index contributed by atoms with van der Waals surface area (Å²) in [6.45, 7) is 9.37. The highest BCUT2D eigenvalue weighted by Crippen LogP contribution is 2.20. The molecule has 2 rings (SSSR count). The minimum atomic E-state index is -0.159. The van der Waals surface area contributed by atoms with Crippen molar-refractivity contribution in [1.29, 1.82) is 0 Å². The third kappa shape index (κ3) is 4.81. The summed E-state index contributed by atoms with van der Waals surface area (Å²) in [4.78, 5) is 40.9. The molecule has 0 atom stereocenters. The normalized spacial score (nSPS) is 14.6. The molecule has 6 heteroatoms. The summed E-state index contributed by atoms with van der Waals surface area (Å²) in [5.41, 5.74) is 1.92. The van der Waals surface area contributed by atoms with E-state index in [0.29, 0.717) is 32.1 Å². The van der Waals surface area contributed by atoms with Crippen LogP contribution in [0.1, 0.15) is 39.2 Å². The van der Waals surface area contributed by atoms with Gasteiger partial charge < -0.3 is 14.7 Å². The van der Waals surface area contributed by atoms with Gasteiger partial charge in [-0.05, 0) is 23.6 Å². The van der Waals surface area contributed by atoms with E-state index >= 15 is 0 Å². The zero-order chi connectivity index (χ0) is 18.6. The Morgan fingerprint density at radius 2 is 1.48 bits per heavy atom. The quantitative estimate of drug-likeness (QED) is 0.837. The fraction of sp³-hybridized carbons (Fsp3) is 0.526. The third-order valence-corrected chi connectivity index (χ3v) is 4.62. The lowest BCUT2D eigenvalue weighted by Crippen LogP contribution is -2.52. The molecule has 6 nitrogen and oxygen atoms in total. The first kappa shape index (κ1) is 19.0. The summed E-state index contributed by atoms with van der Waals surface area (Å²) in [6, 6.07) is 7.76. The summed E-state index contributed by atoms with van der Waals surface area (Å²) in [7, 11) is 0. The molecular formula is C19H27N3O3. The maximum absolute atomic E-state index is 12.6. The molecule has 1 aliphatic heterocycles. The average Bonchev–Trinajstić information content (AvgIpc) is 2.59. The van der Waals surface area contributed by atoms with Crippen molar-refractivity contribution < 1.29 is 14.4 Å². The number of carbonyl (C=O) groups excluding carboxylic acids is 3. The van der Waals surface area contributed by atoms with Crippen molar-refractivity contribution in [3.05, 3.63) is 29.8 Å². The number of amides is 3. The van der Waals surface area contributed by atoms with E-state index in [1.165, 1.54) is 24.3 Å². The maximum Gasteiger partial charge on any atom is 0.242 e. The Balaban J connectivity index is 2.03. The zero-order valence-electron chi connectivity index (χ0n) is 15.5. The predicted molar refractivity (Wildman–Crippen MR) is 97.4 cm³/mol. The van der Waals surface area contributed by atoms with Gasteiger partial charge in [-0.1, -0.05) is 26.0 Å². The molecule has 0 bridgehead atoms. The molecule has 1 fully saturated rings. The van der Waals surface area contributed by atoms with E-state index in [1.807, 2.05) is 24.3 Å². The van der Waals surface area contributed by atoms with Gasteiger partial charge in [0.05, 0.1) is 0 Å². The summed E-state index contributed by atoms with van der Waals surface area (Å²) in [6.07, 6.45) is 0. The largest absolute Gasteiger partial charge is 0.339 e. The smallest absolute Gasteiger partial charge is 0.242 e. The highest BCUT2D eigenvalue weighted by molar-refractivity contribution is 5.97. The number of benzene rings is 1. The molecule has 0 aromatic heterocycles. The van der Waals surface area contributed by atoms with Gasteiger partial charge in [0.2, 0.25) is 17.7 Å². The van der Waals surface area contributed by atoms with Gasteiger partial charge in [-0.2, -0.15) is 0 Å². The molecule has 1 heterocycles. The maximum atomic E-state index is 12.6. The number of nitrogens with zero attached hydrogens (tertiary/aromatic N) is 3. The minimum absolute atomic E-state index is 0.0242. The van der Waals surface area contributed by atoms with Gasteiger partial charge in [0, 0.05) is 45.7 Å². The lowest BCUT2D eigenvalue weighted by Gasteiger charge is -2.35. The van der Waals surface area contributed by atoms with E-state index < -0.39 is 0 Å². The van der Waals surface area contributed by atoms with Crippen LogP contribution < -0.4 is 4.90 Å². The molecule has 0 N–H and O–H groups in total. The second-order valence-corrected chi connectivity index (χ2v) is 6.74. The van der Waals surface area contributed by atoms with Crippen molar-refractivity contribution in [3.8, 4) is 0 Å². The van der Waals surface area contributed by atoms with Gasteiger partial charge in [-0.15, -0.1) is 0 Å². The SMILES string of the molecule is CC(=O)N1CCN(C(=O)CN(C(C)=O)c2ccc(C(C)C)cc2)CC1. The molecule has 0 spiro atoms. The van der Waals surface area contributed by atoms with Crippen LogP contribution >= 0.6 is 0 Å². The Morgan fingerprint density at radius 1 is 0.960 bits per heavy atom. The van der Waals surface area contributed by atoms with Crippen LogP contribution in [-0.2, 0) is 14.4 Å². The number of anilines is 1. The molecule has 3 amide bonds. The summed E-state index contributed by atoms with van der Waals surface area (Å²) < 4.78 is 0. The van der Waals surface area contributed by atoms with E-state index in [0.717, 1.165) is 5.69 Å². The Kier molecular flexibility index (Phi) is 6.17. The molecule has 136 valence electrons. The van der Waals surface area contributed by atoms with Gasteiger partial charge in [0.1, 0.15) is 6.54 Å². The van der Waals surface area contributed by atoms with Crippen LogP contribution in [-0.4, -0.2) is 60.2 Å². The van der Waals surface area contributed by atoms with Crippen molar-refractivity contribution in [3.63, 3.8) is 0 Å². The first-order chi connectivity index (χ1) is 11.8. The number of hydrogen-bond acceptors (Lipinski definition) is 3. The summed E-state index contributed by atoms with van der Waals surface area (Å²) in [5, 5.41) is 0. The molecule has 1 aromatic carbocycles. The number of piperazine rings is 1. The monoisotopic (exact) mass is 345 g/mol. The van der Waals surface area contributed by atoms with Crippen molar-refractivity contribution in [1.82, 2.24) is 9.80 Å². The average molecular weight is 345 g/mol. The molecule has 1 saturated heterocycles. The molecule has 0 radical (unpaired) electrons. The second-order valence-electron chi connectivity index (χ2n) is 6.74. The Morgan fingerprint density at radius 3 is 1.92 bits per heavy atom. The van der Waals surface area contributed by atoms with Crippen molar-refractivity contribution in [2.45, 2.75) is 33.6 Å². The summed E-state index contributed by atoms with van der Waals surface area (Å²) in [5.74, 6) is 0.195. The van der Waals surface area contributed by atoms with E-state index in [2.05, 4.69) is 13.8 Å². The van der Waals surface area contributed by atoms with Crippen molar-refractivity contribution in [2.24, 2.45) is 0 Å². The summed E-state index contributed by atoms with van der Waals surface area (Å²) >= 11 is 0. The van der Waals surface area contributed by atoms with E-state index in [1.54, 1.807) is 9.80 Å². The third-order valence-electron chi connectivity index (χ3n) is 4.62. The Labute approximate surface area is 149 Å². The van der Waals surface area contributed by atoms with Crippen molar-refractivity contribution >= 4 is 23.4 Å². The van der Waals surface area contributed by atoms with E-state index in [4.69, 9.17) is 0 Å². The van der Waals surface area contributed by atoms with Crippen LogP contribution in [0, 0.1) is 0 Å². The molecule has 1 aromatic rings. The minimum Gasteiger partial charge on any atom is -0.339 e. The first-order valence-electron chi connectivity index (χ1n) is 8.71. The highest BCUT2D eigenvalue weighted by atomic mass is 16.2. The molecule has 1 aliphatic rings. The van der Waals surface area contributed by atoms with E-state index in [9.17, 15) is 14.4 Å². The van der Waals surface area contributed by atoms with Crippen LogP contribution in [0.3, 0.4) is 0 Å². The van der Waals surface area contributed by atoms with Crippen LogP contribution in [0.5, 0.6) is 0 Å². The number of rotatable bonds is 4. The first-order valence-corrected chi connectivity index (χ1v) is 8.71. The zero-order valence-corrected chi connectivity index (χ0v) is 15.5. The van der Waals surface area contributed by atoms with Crippen molar-refractivity contribution in [2.75, 3.05) is 37.6 Å². The fourth-order valence-electron chi connectivity index (χ4n) is 2.93. The molecule has 0 unspecified atom stereocenters. The van der Waals surface area contributed by atoms with Crippen LogP contribution in [0.25, 0.3) is 0 Å². The van der Waals surface area contributed by atoms with Gasteiger partial charge >= 0.3 is 0 Å². The topological polar surface area (TPSA) is 60.9 Å². The van der Waals surface area contributed by atoms with Crippen LogP contribution in [0.2, 0.25) is 0 Å². The number of carbonyl (C=O) groups is 3. The Hall–Kier alpha value is -2.37. The fourth-order valence-corrected chi connectivity index (χ4v) is 2.93. The molecule has 0 saturated carbocycles. The highest BCUT2D eigenvalue weighted by Gasteiger charge is 2.25. The van der Waals surface area contributed by atoms with Crippen LogP contribution in [0.4, 0.5) is 5.69 Å². The van der Waals surface area contributed by atoms with Gasteiger partial charge in [0.25, 0.3) is 0 Å². The number of hydrogen-bond donors (Lipinski definition) is 0.